The van der Waals surface area contributed by atoms with Crippen LogP contribution in [-0.4, -0.2) is 6.41 Å². The molecule has 16 heavy (non-hydrogen) atoms. The summed E-state index contributed by atoms with van der Waals surface area (Å²) in [5.41, 5.74) is 2.06. The van der Waals surface area contributed by atoms with Crippen molar-refractivity contribution in [1.29, 1.82) is 0 Å². The van der Waals surface area contributed by atoms with Crippen LogP contribution >= 0.6 is 0 Å². The number of carbonyl (C=O) groups is 1. The van der Waals surface area contributed by atoms with Gasteiger partial charge in [0.15, 0.2) is 0 Å². The van der Waals surface area contributed by atoms with Crippen molar-refractivity contribution in [2.75, 3.05) is 0 Å². The highest BCUT2D eigenvalue weighted by Gasteiger charge is 2.13. The van der Waals surface area contributed by atoms with Crippen molar-refractivity contribution in [2.45, 2.75) is 6.04 Å². The Kier molecular flexibility index (Phi) is 3.34. The van der Waals surface area contributed by atoms with E-state index in [2.05, 4.69) is 5.32 Å². The molecule has 2 aromatic rings. The quantitative estimate of drug-likeness (QED) is 0.713. The predicted octanol–water partition coefficient (Wildman–Crippen LogP) is 2.54. The van der Waals surface area contributed by atoms with Gasteiger partial charge in [0.2, 0.25) is 6.41 Å². The molecule has 0 spiro atoms. The molecule has 2 nitrogen and oxygen atoms in total. The Morgan fingerprint density at radius 2 is 1.25 bits per heavy atom. The number of hydrogen-bond donors (Lipinski definition) is 0. The van der Waals surface area contributed by atoms with Gasteiger partial charge < -0.3 is 0 Å². The fourth-order valence-corrected chi connectivity index (χ4v) is 1.70. The van der Waals surface area contributed by atoms with Crippen LogP contribution in [0.2, 0.25) is 0 Å². The second-order valence-electron chi connectivity index (χ2n) is 3.48. The van der Waals surface area contributed by atoms with Crippen molar-refractivity contribution in [2.24, 2.45) is 0 Å². The maximum Gasteiger partial charge on any atom is 0.229 e. The van der Waals surface area contributed by atoms with Crippen LogP contribution in [-0.2, 0) is 4.79 Å². The van der Waals surface area contributed by atoms with Crippen molar-refractivity contribution in [1.82, 2.24) is 5.32 Å². The van der Waals surface area contributed by atoms with E-state index in [9.17, 15) is 4.79 Å². The molecule has 0 aliphatic heterocycles. The normalized spacial score (nSPS) is 10.1. The molecule has 0 bridgehead atoms. The topological polar surface area (TPSA) is 31.2 Å². The van der Waals surface area contributed by atoms with E-state index in [1.54, 1.807) is 0 Å². The highest BCUT2D eigenvalue weighted by atomic mass is 16.1. The van der Waals surface area contributed by atoms with Crippen LogP contribution in [0.1, 0.15) is 17.2 Å². The third kappa shape index (κ3) is 2.28. The van der Waals surface area contributed by atoms with Gasteiger partial charge in [0.1, 0.15) is 6.04 Å². The predicted molar refractivity (Wildman–Crippen MR) is 62.9 cm³/mol. The zero-order chi connectivity index (χ0) is 11.2. The van der Waals surface area contributed by atoms with E-state index < -0.39 is 0 Å². The lowest BCUT2D eigenvalue weighted by molar-refractivity contribution is -0.110. The molecule has 2 heteroatoms. The zero-order valence-corrected chi connectivity index (χ0v) is 8.78. The third-order valence-electron chi connectivity index (χ3n) is 2.44. The monoisotopic (exact) mass is 210 g/mol. The van der Waals surface area contributed by atoms with Gasteiger partial charge in [0, 0.05) is 0 Å². The summed E-state index contributed by atoms with van der Waals surface area (Å²) >= 11 is 0. The number of amides is 1. The van der Waals surface area contributed by atoms with Crippen molar-refractivity contribution < 1.29 is 4.79 Å². The molecule has 0 fully saturated rings. The van der Waals surface area contributed by atoms with Gasteiger partial charge >= 0.3 is 0 Å². The smallest absolute Gasteiger partial charge is 0.229 e. The molecule has 0 heterocycles. The van der Waals surface area contributed by atoms with Crippen LogP contribution in [0.3, 0.4) is 0 Å². The molecule has 1 radical (unpaired) electrons. The molecule has 0 aliphatic rings. The molecule has 2 aromatic carbocycles. The average Bonchev–Trinajstić information content (AvgIpc) is 2.38. The number of benzene rings is 2. The third-order valence-corrected chi connectivity index (χ3v) is 2.44. The van der Waals surface area contributed by atoms with Gasteiger partial charge in [-0.2, -0.15) is 0 Å². The van der Waals surface area contributed by atoms with Crippen molar-refractivity contribution in [3.63, 3.8) is 0 Å². The van der Waals surface area contributed by atoms with E-state index in [0.717, 1.165) is 11.1 Å². The van der Waals surface area contributed by atoms with Gasteiger partial charge in [0.05, 0.1) is 0 Å². The van der Waals surface area contributed by atoms with Crippen LogP contribution in [0.4, 0.5) is 0 Å². The summed E-state index contributed by atoms with van der Waals surface area (Å²) in [6.07, 6.45) is 0.616. The highest BCUT2D eigenvalue weighted by molar-refractivity contribution is 5.50. The Balaban J connectivity index is 2.35. The van der Waals surface area contributed by atoms with Crippen molar-refractivity contribution in [3.8, 4) is 0 Å². The van der Waals surface area contributed by atoms with Crippen LogP contribution < -0.4 is 5.32 Å². The number of carbonyl (C=O) groups excluding carboxylic acids is 1. The van der Waals surface area contributed by atoms with Gasteiger partial charge in [-0.25, -0.2) is 5.32 Å². The molecule has 0 atom stereocenters. The fraction of sp³-hybridized carbons (Fsp3) is 0.0714. The van der Waals surface area contributed by atoms with Gasteiger partial charge in [-0.15, -0.1) is 0 Å². The lowest BCUT2D eigenvalue weighted by Crippen LogP contribution is -2.13. The average molecular weight is 210 g/mol. The second-order valence-corrected chi connectivity index (χ2v) is 3.48. The zero-order valence-electron chi connectivity index (χ0n) is 8.78. The molecule has 79 valence electrons. The van der Waals surface area contributed by atoms with Gasteiger partial charge in [-0.1, -0.05) is 60.7 Å². The van der Waals surface area contributed by atoms with Crippen LogP contribution in [0, 0.1) is 0 Å². The number of nitrogens with zero attached hydrogens (tertiary/aromatic N) is 1. The van der Waals surface area contributed by atoms with Crippen LogP contribution in [0.5, 0.6) is 0 Å². The largest absolute Gasteiger partial charge is 0.277 e. The summed E-state index contributed by atoms with van der Waals surface area (Å²) < 4.78 is 0. The second kappa shape index (κ2) is 5.12. The van der Waals surface area contributed by atoms with Gasteiger partial charge in [0.25, 0.3) is 0 Å². The summed E-state index contributed by atoms with van der Waals surface area (Å²) in [6, 6.07) is 19.4. The minimum absolute atomic E-state index is 0.195. The maximum absolute atomic E-state index is 10.6. The Bertz CT molecular complexity index is 399. The van der Waals surface area contributed by atoms with E-state index in [4.69, 9.17) is 0 Å². The fourth-order valence-electron chi connectivity index (χ4n) is 1.70. The molecule has 0 saturated heterocycles. The molecule has 2 rings (SSSR count). The van der Waals surface area contributed by atoms with Gasteiger partial charge in [-0.05, 0) is 11.1 Å². The molecule has 0 aliphatic carbocycles. The SMILES string of the molecule is O=C[N]C(c1ccccc1)c1ccccc1. The van der Waals surface area contributed by atoms with Crippen molar-refractivity contribution >= 4 is 6.41 Å². The molecule has 0 N–H and O–H groups in total. The number of hydrogen-bond acceptors (Lipinski definition) is 1. The first-order valence-corrected chi connectivity index (χ1v) is 5.15. The molecular formula is C14H12NO. The summed E-state index contributed by atoms with van der Waals surface area (Å²) in [6.45, 7) is 0. The van der Waals surface area contributed by atoms with E-state index in [-0.39, 0.29) is 6.04 Å². The lowest BCUT2D eigenvalue weighted by Gasteiger charge is -2.14. The summed E-state index contributed by atoms with van der Waals surface area (Å²) in [4.78, 5) is 10.6. The first kappa shape index (κ1) is 10.4. The Morgan fingerprint density at radius 3 is 1.62 bits per heavy atom. The van der Waals surface area contributed by atoms with Gasteiger partial charge in [-0.3, -0.25) is 4.79 Å². The molecule has 0 aromatic heterocycles. The molecule has 0 unspecified atom stereocenters. The summed E-state index contributed by atoms with van der Waals surface area (Å²) in [5.74, 6) is 0. The first-order valence-electron chi connectivity index (χ1n) is 5.15. The minimum atomic E-state index is -0.195. The maximum atomic E-state index is 10.6. The van der Waals surface area contributed by atoms with Crippen molar-refractivity contribution in [3.05, 3.63) is 71.8 Å². The van der Waals surface area contributed by atoms with E-state index in [1.807, 2.05) is 60.7 Å². The minimum Gasteiger partial charge on any atom is -0.277 e. The van der Waals surface area contributed by atoms with E-state index in [0.29, 0.717) is 6.41 Å². The van der Waals surface area contributed by atoms with Crippen LogP contribution in [0.25, 0.3) is 0 Å². The molecular weight excluding hydrogens is 198 g/mol. The molecule has 0 saturated carbocycles. The van der Waals surface area contributed by atoms with E-state index in [1.165, 1.54) is 0 Å². The lowest BCUT2D eigenvalue weighted by atomic mass is 9.99. The molecule has 1 amide bonds. The summed E-state index contributed by atoms with van der Waals surface area (Å²) in [7, 11) is 0. The first-order chi connectivity index (χ1) is 7.92. The highest BCUT2D eigenvalue weighted by Crippen LogP contribution is 2.21. The van der Waals surface area contributed by atoms with Crippen LogP contribution in [0.15, 0.2) is 60.7 Å². The Hall–Kier alpha value is -2.09. The standard InChI is InChI=1S/C14H12NO/c16-11-15-14(12-7-3-1-4-8-12)13-9-5-2-6-10-13/h1-11,14H. The summed E-state index contributed by atoms with van der Waals surface area (Å²) in [5, 5.41) is 3.98. The Labute approximate surface area is 94.9 Å². The van der Waals surface area contributed by atoms with E-state index >= 15 is 0 Å². The number of rotatable bonds is 4. The Morgan fingerprint density at radius 1 is 0.812 bits per heavy atom.